The number of amides is 1. The number of rotatable bonds is 4. The Bertz CT molecular complexity index is 664. The van der Waals surface area contributed by atoms with Gasteiger partial charge in [0.1, 0.15) is 11.4 Å². The third-order valence-corrected chi connectivity index (χ3v) is 3.91. The van der Waals surface area contributed by atoms with Crippen molar-refractivity contribution < 1.29 is 9.53 Å². The van der Waals surface area contributed by atoms with Crippen molar-refractivity contribution in [3.05, 3.63) is 48.3 Å². The normalized spacial score (nSPS) is 20.1. The Morgan fingerprint density at radius 3 is 2.73 bits per heavy atom. The van der Waals surface area contributed by atoms with Crippen LogP contribution in [-0.4, -0.2) is 30.1 Å². The molecular formula is C17H19N3O2. The second-order valence-electron chi connectivity index (χ2n) is 5.57. The van der Waals surface area contributed by atoms with Gasteiger partial charge in [0.15, 0.2) is 0 Å². The van der Waals surface area contributed by atoms with Crippen LogP contribution in [0.25, 0.3) is 11.1 Å². The molecule has 3 N–H and O–H groups in total. The van der Waals surface area contributed by atoms with E-state index in [9.17, 15) is 4.79 Å². The van der Waals surface area contributed by atoms with E-state index in [-0.39, 0.29) is 18.0 Å². The molecule has 1 amide bonds. The van der Waals surface area contributed by atoms with Gasteiger partial charge in [0, 0.05) is 23.8 Å². The van der Waals surface area contributed by atoms with Gasteiger partial charge in [0.05, 0.1) is 7.11 Å². The summed E-state index contributed by atoms with van der Waals surface area (Å²) < 4.78 is 5.21. The molecule has 22 heavy (non-hydrogen) atoms. The van der Waals surface area contributed by atoms with Gasteiger partial charge in [0.2, 0.25) is 0 Å². The Labute approximate surface area is 129 Å². The number of benzene rings is 1. The first-order chi connectivity index (χ1) is 10.7. The predicted molar refractivity (Wildman–Crippen MR) is 84.7 cm³/mol. The molecule has 5 nitrogen and oxygen atoms in total. The van der Waals surface area contributed by atoms with Crippen molar-refractivity contribution in [1.29, 1.82) is 0 Å². The minimum Gasteiger partial charge on any atom is -0.497 e. The van der Waals surface area contributed by atoms with Crippen LogP contribution in [-0.2, 0) is 0 Å². The average molecular weight is 297 g/mol. The van der Waals surface area contributed by atoms with Crippen LogP contribution in [0.2, 0.25) is 0 Å². The summed E-state index contributed by atoms with van der Waals surface area (Å²) in [5.41, 5.74) is 8.09. The van der Waals surface area contributed by atoms with Gasteiger partial charge in [-0.25, -0.2) is 0 Å². The number of ether oxygens (including phenoxy) is 1. The molecule has 1 saturated carbocycles. The molecule has 0 bridgehead atoms. The summed E-state index contributed by atoms with van der Waals surface area (Å²) in [6.45, 7) is 0. The van der Waals surface area contributed by atoms with E-state index in [4.69, 9.17) is 10.5 Å². The number of carbonyl (C=O) groups is 1. The van der Waals surface area contributed by atoms with Gasteiger partial charge in [0.25, 0.3) is 5.91 Å². The SMILES string of the molecule is COc1cccc(-c2ccc(C(=O)NC3CC(N)C3)nc2)c1. The maximum Gasteiger partial charge on any atom is 0.270 e. The van der Waals surface area contributed by atoms with Gasteiger partial charge in [-0.05, 0) is 36.6 Å². The number of methoxy groups -OCH3 is 1. The summed E-state index contributed by atoms with van der Waals surface area (Å²) in [4.78, 5) is 16.3. The lowest BCUT2D eigenvalue weighted by molar-refractivity contribution is 0.0905. The van der Waals surface area contributed by atoms with Crippen LogP contribution in [0.3, 0.4) is 0 Å². The molecule has 0 radical (unpaired) electrons. The Morgan fingerprint density at radius 1 is 1.27 bits per heavy atom. The van der Waals surface area contributed by atoms with E-state index < -0.39 is 0 Å². The summed E-state index contributed by atoms with van der Waals surface area (Å²) in [5.74, 6) is 0.648. The van der Waals surface area contributed by atoms with E-state index in [2.05, 4.69) is 10.3 Å². The van der Waals surface area contributed by atoms with E-state index in [0.717, 1.165) is 29.7 Å². The van der Waals surface area contributed by atoms with Crippen LogP contribution in [0.4, 0.5) is 0 Å². The first-order valence-electron chi connectivity index (χ1n) is 7.32. The van der Waals surface area contributed by atoms with Gasteiger partial charge in [-0.2, -0.15) is 0 Å². The highest BCUT2D eigenvalue weighted by Gasteiger charge is 2.27. The largest absolute Gasteiger partial charge is 0.497 e. The fourth-order valence-electron chi connectivity index (χ4n) is 2.54. The first kappa shape index (κ1) is 14.5. The molecule has 1 aliphatic rings. The molecule has 1 aliphatic carbocycles. The van der Waals surface area contributed by atoms with E-state index in [1.807, 2.05) is 30.3 Å². The van der Waals surface area contributed by atoms with Gasteiger partial charge in [-0.3, -0.25) is 9.78 Å². The monoisotopic (exact) mass is 297 g/mol. The van der Waals surface area contributed by atoms with Crippen molar-refractivity contribution >= 4 is 5.91 Å². The number of nitrogens with two attached hydrogens (primary N) is 1. The lowest BCUT2D eigenvalue weighted by Crippen LogP contribution is -2.50. The van der Waals surface area contributed by atoms with Crippen LogP contribution in [0.1, 0.15) is 23.3 Å². The van der Waals surface area contributed by atoms with Gasteiger partial charge >= 0.3 is 0 Å². The number of nitrogens with one attached hydrogen (secondary N) is 1. The Hall–Kier alpha value is -2.40. The topological polar surface area (TPSA) is 77.2 Å². The maximum absolute atomic E-state index is 12.1. The minimum atomic E-state index is -0.144. The standard InChI is InChI=1S/C17H19N3O2/c1-22-15-4-2-3-11(7-15)12-5-6-16(19-10-12)17(21)20-14-8-13(18)9-14/h2-7,10,13-14H,8-9,18H2,1H3,(H,20,21). The molecule has 1 aromatic heterocycles. The van der Waals surface area contributed by atoms with Crippen molar-refractivity contribution in [1.82, 2.24) is 10.3 Å². The van der Waals surface area contributed by atoms with Crippen molar-refractivity contribution in [2.24, 2.45) is 5.73 Å². The van der Waals surface area contributed by atoms with Crippen molar-refractivity contribution in [3.8, 4) is 16.9 Å². The quantitative estimate of drug-likeness (QED) is 0.904. The Morgan fingerprint density at radius 2 is 2.09 bits per heavy atom. The third kappa shape index (κ3) is 3.09. The summed E-state index contributed by atoms with van der Waals surface area (Å²) in [6.07, 6.45) is 3.39. The molecule has 114 valence electrons. The van der Waals surface area contributed by atoms with E-state index in [1.54, 1.807) is 19.4 Å². The summed E-state index contributed by atoms with van der Waals surface area (Å²) in [6, 6.07) is 11.8. The van der Waals surface area contributed by atoms with Crippen molar-refractivity contribution in [2.45, 2.75) is 24.9 Å². The Kier molecular flexibility index (Phi) is 4.06. The highest BCUT2D eigenvalue weighted by molar-refractivity contribution is 5.92. The van der Waals surface area contributed by atoms with Crippen LogP contribution >= 0.6 is 0 Å². The number of aromatic nitrogens is 1. The smallest absolute Gasteiger partial charge is 0.270 e. The van der Waals surface area contributed by atoms with Crippen molar-refractivity contribution in [3.63, 3.8) is 0 Å². The zero-order valence-corrected chi connectivity index (χ0v) is 12.5. The second kappa shape index (κ2) is 6.15. The average Bonchev–Trinajstić information content (AvgIpc) is 2.53. The zero-order chi connectivity index (χ0) is 15.5. The molecule has 1 heterocycles. The summed E-state index contributed by atoms with van der Waals surface area (Å²) in [7, 11) is 1.64. The van der Waals surface area contributed by atoms with Gasteiger partial charge < -0.3 is 15.8 Å². The fraction of sp³-hybridized carbons (Fsp3) is 0.294. The number of pyridine rings is 1. The predicted octanol–water partition coefficient (Wildman–Crippen LogP) is 1.98. The second-order valence-corrected chi connectivity index (χ2v) is 5.57. The molecule has 1 fully saturated rings. The van der Waals surface area contributed by atoms with Crippen LogP contribution in [0, 0.1) is 0 Å². The number of nitrogens with zero attached hydrogens (tertiary/aromatic N) is 1. The van der Waals surface area contributed by atoms with E-state index >= 15 is 0 Å². The molecule has 2 aromatic rings. The molecule has 0 aliphatic heterocycles. The van der Waals surface area contributed by atoms with Crippen LogP contribution < -0.4 is 15.8 Å². The molecular weight excluding hydrogens is 278 g/mol. The Balaban J connectivity index is 1.70. The fourth-order valence-corrected chi connectivity index (χ4v) is 2.54. The minimum absolute atomic E-state index is 0.144. The van der Waals surface area contributed by atoms with E-state index in [0.29, 0.717) is 5.69 Å². The highest BCUT2D eigenvalue weighted by atomic mass is 16.5. The van der Waals surface area contributed by atoms with Crippen LogP contribution in [0.5, 0.6) is 5.75 Å². The number of carbonyl (C=O) groups excluding carboxylic acids is 1. The van der Waals surface area contributed by atoms with E-state index in [1.165, 1.54) is 0 Å². The molecule has 0 unspecified atom stereocenters. The van der Waals surface area contributed by atoms with Crippen molar-refractivity contribution in [2.75, 3.05) is 7.11 Å². The lowest BCUT2D eigenvalue weighted by Gasteiger charge is -2.32. The molecule has 1 aromatic carbocycles. The highest BCUT2D eigenvalue weighted by Crippen LogP contribution is 2.23. The van der Waals surface area contributed by atoms with Gasteiger partial charge in [-0.15, -0.1) is 0 Å². The molecule has 0 saturated heterocycles. The lowest BCUT2D eigenvalue weighted by atomic mass is 9.87. The third-order valence-electron chi connectivity index (χ3n) is 3.91. The van der Waals surface area contributed by atoms with Gasteiger partial charge in [-0.1, -0.05) is 18.2 Å². The molecule has 5 heteroatoms. The molecule has 3 rings (SSSR count). The maximum atomic E-state index is 12.1. The molecule has 0 atom stereocenters. The molecule has 0 spiro atoms. The van der Waals surface area contributed by atoms with Crippen LogP contribution in [0.15, 0.2) is 42.6 Å². The zero-order valence-electron chi connectivity index (χ0n) is 12.5. The number of hydrogen-bond acceptors (Lipinski definition) is 4. The first-order valence-corrected chi connectivity index (χ1v) is 7.32. The number of hydrogen-bond donors (Lipinski definition) is 2. The summed E-state index contributed by atoms with van der Waals surface area (Å²) in [5, 5.41) is 2.94. The summed E-state index contributed by atoms with van der Waals surface area (Å²) >= 11 is 0.